The van der Waals surface area contributed by atoms with Crippen LogP contribution in [0.4, 0.5) is 0 Å². The van der Waals surface area contributed by atoms with Crippen LogP contribution >= 0.6 is 0 Å². The summed E-state index contributed by atoms with van der Waals surface area (Å²) in [4.78, 5) is 0. The molecule has 2 aromatic rings. The van der Waals surface area contributed by atoms with Gasteiger partial charge in [-0.25, -0.2) is 0 Å². The van der Waals surface area contributed by atoms with Gasteiger partial charge in [-0.1, -0.05) is 137 Å². The van der Waals surface area contributed by atoms with Crippen LogP contribution < -0.4 is 0 Å². The molecule has 0 heteroatoms. The Balaban J connectivity index is 2.33. The standard InChI is InChI=1S/C36H58/c1-11-26(4)20-29(7)32-16-14-17-33(22-32)31(9)25-36(10,24-28(6)13-3)35-19-15-18-34(23-35)30(8)21-27(5)12-2/h14-19,22-23,26-31H,11-13,20-21,24-25H2,1-10H3. The molecule has 0 radical (unpaired) electrons. The summed E-state index contributed by atoms with van der Waals surface area (Å²) in [5.41, 5.74) is 6.28. The van der Waals surface area contributed by atoms with Crippen LogP contribution in [0.15, 0.2) is 48.5 Å². The molecule has 2 rings (SSSR count). The second kappa shape index (κ2) is 14.4. The Kier molecular flexibility index (Phi) is 12.3. The first kappa shape index (κ1) is 30.7. The molecule has 202 valence electrons. The summed E-state index contributed by atoms with van der Waals surface area (Å²) in [6, 6.07) is 19.2. The third kappa shape index (κ3) is 8.78. The normalized spacial score (nSPS) is 18.6. The van der Waals surface area contributed by atoms with E-state index in [0.29, 0.717) is 17.8 Å². The van der Waals surface area contributed by atoms with Gasteiger partial charge in [0.15, 0.2) is 0 Å². The van der Waals surface area contributed by atoms with Crippen molar-refractivity contribution >= 4 is 0 Å². The molecule has 0 aromatic heterocycles. The smallest absolute Gasteiger partial charge is 0.00669 e. The SMILES string of the molecule is CCC(C)CC(C)c1cccc(C(C)CC(C)(CC(C)CC)c2cccc(C(C)CC(C)CC)c2)c1. The maximum Gasteiger partial charge on any atom is -0.00669 e. The molecular weight excluding hydrogens is 432 g/mol. The Morgan fingerprint density at radius 2 is 1.00 bits per heavy atom. The Morgan fingerprint density at radius 1 is 0.556 bits per heavy atom. The van der Waals surface area contributed by atoms with Gasteiger partial charge in [0.05, 0.1) is 0 Å². The van der Waals surface area contributed by atoms with E-state index in [-0.39, 0.29) is 5.41 Å². The summed E-state index contributed by atoms with van der Waals surface area (Å²) in [5, 5.41) is 0. The molecule has 0 heterocycles. The Labute approximate surface area is 225 Å². The van der Waals surface area contributed by atoms with Crippen molar-refractivity contribution in [2.24, 2.45) is 17.8 Å². The predicted octanol–water partition coefficient (Wildman–Crippen LogP) is 11.7. The van der Waals surface area contributed by atoms with Crippen molar-refractivity contribution in [1.29, 1.82) is 0 Å². The zero-order chi connectivity index (χ0) is 26.9. The van der Waals surface area contributed by atoms with E-state index in [1.54, 1.807) is 5.56 Å². The summed E-state index contributed by atoms with van der Waals surface area (Å²) in [6.45, 7) is 24.0. The zero-order valence-electron chi connectivity index (χ0n) is 25.5. The van der Waals surface area contributed by atoms with E-state index >= 15 is 0 Å². The fourth-order valence-electron chi connectivity index (χ4n) is 6.23. The quantitative estimate of drug-likeness (QED) is 0.233. The maximum absolute atomic E-state index is 2.56. The molecule has 7 atom stereocenters. The highest BCUT2D eigenvalue weighted by Gasteiger charge is 2.31. The molecule has 0 aliphatic rings. The minimum atomic E-state index is 0.180. The van der Waals surface area contributed by atoms with Crippen molar-refractivity contribution < 1.29 is 0 Å². The van der Waals surface area contributed by atoms with Crippen LogP contribution in [-0.4, -0.2) is 0 Å². The van der Waals surface area contributed by atoms with Crippen LogP contribution in [0, 0.1) is 17.8 Å². The summed E-state index contributed by atoms with van der Waals surface area (Å²) in [7, 11) is 0. The van der Waals surface area contributed by atoms with E-state index in [9.17, 15) is 0 Å². The van der Waals surface area contributed by atoms with Gasteiger partial charge in [-0.3, -0.25) is 0 Å². The molecule has 0 spiro atoms. The number of rotatable bonds is 15. The number of benzene rings is 2. The summed E-state index contributed by atoms with van der Waals surface area (Å²) < 4.78 is 0. The Morgan fingerprint density at radius 3 is 1.50 bits per heavy atom. The fraction of sp³-hybridized carbons (Fsp3) is 0.667. The van der Waals surface area contributed by atoms with Crippen LogP contribution in [0.1, 0.15) is 154 Å². The van der Waals surface area contributed by atoms with Crippen LogP contribution in [0.3, 0.4) is 0 Å². The zero-order valence-corrected chi connectivity index (χ0v) is 25.5. The lowest BCUT2D eigenvalue weighted by Gasteiger charge is -2.36. The number of hydrogen-bond acceptors (Lipinski definition) is 0. The van der Waals surface area contributed by atoms with E-state index in [4.69, 9.17) is 0 Å². The first-order valence-corrected chi connectivity index (χ1v) is 15.2. The lowest BCUT2D eigenvalue weighted by molar-refractivity contribution is 0.309. The number of hydrogen-bond donors (Lipinski definition) is 0. The van der Waals surface area contributed by atoms with Gasteiger partial charge in [0.2, 0.25) is 0 Å². The maximum atomic E-state index is 2.56. The van der Waals surface area contributed by atoms with Crippen LogP contribution in [0.25, 0.3) is 0 Å². The molecule has 36 heavy (non-hydrogen) atoms. The average Bonchev–Trinajstić information content (AvgIpc) is 2.88. The lowest BCUT2D eigenvalue weighted by atomic mass is 9.68. The molecule has 0 N–H and O–H groups in total. The van der Waals surface area contributed by atoms with Gasteiger partial charge in [0.25, 0.3) is 0 Å². The summed E-state index contributed by atoms with van der Waals surface area (Å²) in [5.74, 6) is 4.08. The second-order valence-corrected chi connectivity index (χ2v) is 13.0. The minimum absolute atomic E-state index is 0.180. The van der Waals surface area contributed by atoms with Gasteiger partial charge < -0.3 is 0 Å². The fourth-order valence-corrected chi connectivity index (χ4v) is 6.23. The molecule has 0 amide bonds. The van der Waals surface area contributed by atoms with E-state index < -0.39 is 0 Å². The molecular formula is C36H58. The van der Waals surface area contributed by atoms with Gasteiger partial charge >= 0.3 is 0 Å². The lowest BCUT2D eigenvalue weighted by Crippen LogP contribution is -2.27. The molecule has 0 aliphatic carbocycles. The largest absolute Gasteiger partial charge is 0.0651 e. The highest BCUT2D eigenvalue weighted by atomic mass is 14.4. The molecule has 2 aromatic carbocycles. The highest BCUT2D eigenvalue weighted by molar-refractivity contribution is 5.34. The van der Waals surface area contributed by atoms with Gasteiger partial charge in [0.1, 0.15) is 0 Å². The predicted molar refractivity (Wildman–Crippen MR) is 162 cm³/mol. The third-order valence-electron chi connectivity index (χ3n) is 9.36. The van der Waals surface area contributed by atoms with Crippen molar-refractivity contribution in [3.05, 3.63) is 70.8 Å². The van der Waals surface area contributed by atoms with Crippen molar-refractivity contribution in [2.75, 3.05) is 0 Å². The van der Waals surface area contributed by atoms with Crippen LogP contribution in [0.5, 0.6) is 0 Å². The first-order chi connectivity index (χ1) is 17.0. The van der Waals surface area contributed by atoms with E-state index in [1.807, 2.05) is 0 Å². The average molecular weight is 491 g/mol. The van der Waals surface area contributed by atoms with Crippen molar-refractivity contribution in [2.45, 2.75) is 137 Å². The molecule has 0 saturated heterocycles. The van der Waals surface area contributed by atoms with E-state index in [1.165, 1.54) is 61.6 Å². The topological polar surface area (TPSA) is 0 Å². The molecule has 0 nitrogen and oxygen atoms in total. The van der Waals surface area contributed by atoms with Crippen molar-refractivity contribution in [1.82, 2.24) is 0 Å². The molecule has 0 aliphatic heterocycles. The summed E-state index contributed by atoms with van der Waals surface area (Å²) in [6.07, 6.45) is 8.79. The van der Waals surface area contributed by atoms with Gasteiger partial charge in [-0.15, -0.1) is 0 Å². The van der Waals surface area contributed by atoms with Gasteiger partial charge in [-0.05, 0) is 88.9 Å². The molecule has 0 bridgehead atoms. The molecule has 7 unspecified atom stereocenters. The molecule has 0 fully saturated rings. The monoisotopic (exact) mass is 490 g/mol. The highest BCUT2D eigenvalue weighted by Crippen LogP contribution is 2.42. The second-order valence-electron chi connectivity index (χ2n) is 13.0. The third-order valence-corrected chi connectivity index (χ3v) is 9.36. The van der Waals surface area contributed by atoms with E-state index in [2.05, 4.69) is 118 Å². The van der Waals surface area contributed by atoms with Crippen molar-refractivity contribution in [3.8, 4) is 0 Å². The Hall–Kier alpha value is -1.56. The minimum Gasteiger partial charge on any atom is -0.0651 e. The van der Waals surface area contributed by atoms with Crippen LogP contribution in [0.2, 0.25) is 0 Å². The van der Waals surface area contributed by atoms with Gasteiger partial charge in [-0.2, -0.15) is 0 Å². The van der Waals surface area contributed by atoms with E-state index in [0.717, 1.165) is 17.8 Å². The van der Waals surface area contributed by atoms with Crippen LogP contribution in [-0.2, 0) is 5.41 Å². The summed E-state index contributed by atoms with van der Waals surface area (Å²) >= 11 is 0. The first-order valence-electron chi connectivity index (χ1n) is 15.2. The molecule has 0 saturated carbocycles. The van der Waals surface area contributed by atoms with Gasteiger partial charge in [0, 0.05) is 0 Å². The Bertz CT molecular complexity index is 894. The van der Waals surface area contributed by atoms with Crippen molar-refractivity contribution in [3.63, 3.8) is 0 Å².